The van der Waals surface area contributed by atoms with Crippen molar-refractivity contribution in [3.63, 3.8) is 0 Å². The molecule has 0 aliphatic heterocycles. The van der Waals surface area contributed by atoms with Crippen LogP contribution in [0, 0.1) is 0 Å². The first-order valence-corrected chi connectivity index (χ1v) is 5.44. The molecule has 2 nitrogen and oxygen atoms in total. The zero-order chi connectivity index (χ0) is 11.5. The van der Waals surface area contributed by atoms with Crippen LogP contribution >= 0.6 is 0 Å². The predicted octanol–water partition coefficient (Wildman–Crippen LogP) is 2.42. The predicted molar refractivity (Wildman–Crippen MR) is 67.4 cm³/mol. The molecule has 0 bridgehead atoms. The summed E-state index contributed by atoms with van der Waals surface area (Å²) in [5.74, 6) is 0. The molecule has 1 aromatic carbocycles. The van der Waals surface area contributed by atoms with Crippen molar-refractivity contribution in [3.8, 4) is 0 Å². The monoisotopic (exact) mass is 206 g/mol. The summed E-state index contributed by atoms with van der Waals surface area (Å²) >= 11 is 0. The van der Waals surface area contributed by atoms with Gasteiger partial charge in [0.1, 0.15) is 0 Å². The van der Waals surface area contributed by atoms with E-state index in [1.165, 1.54) is 11.3 Å². The summed E-state index contributed by atoms with van der Waals surface area (Å²) in [6, 6.07) is 8.62. The second-order valence-electron chi connectivity index (χ2n) is 5.05. The first-order chi connectivity index (χ1) is 6.88. The van der Waals surface area contributed by atoms with Gasteiger partial charge >= 0.3 is 0 Å². The van der Waals surface area contributed by atoms with E-state index in [0.29, 0.717) is 0 Å². The minimum absolute atomic E-state index is 0.0753. The Balaban J connectivity index is 2.66. The maximum absolute atomic E-state index is 5.97. The Morgan fingerprint density at radius 2 is 1.93 bits per heavy atom. The van der Waals surface area contributed by atoms with Crippen LogP contribution in [0.2, 0.25) is 0 Å². The molecule has 0 saturated carbocycles. The Morgan fingerprint density at radius 3 is 2.47 bits per heavy atom. The van der Waals surface area contributed by atoms with Gasteiger partial charge in [0.2, 0.25) is 0 Å². The molecule has 0 fully saturated rings. The number of benzene rings is 1. The van der Waals surface area contributed by atoms with Crippen molar-refractivity contribution in [1.82, 2.24) is 0 Å². The molecule has 2 heteroatoms. The molecule has 84 valence electrons. The molecule has 0 saturated heterocycles. The van der Waals surface area contributed by atoms with Crippen LogP contribution in [0.3, 0.4) is 0 Å². The van der Waals surface area contributed by atoms with Crippen molar-refractivity contribution >= 4 is 5.69 Å². The summed E-state index contributed by atoms with van der Waals surface area (Å²) in [5.41, 5.74) is 8.51. The van der Waals surface area contributed by atoms with Gasteiger partial charge < -0.3 is 10.6 Å². The topological polar surface area (TPSA) is 29.3 Å². The van der Waals surface area contributed by atoms with E-state index in [1.54, 1.807) is 0 Å². The molecular weight excluding hydrogens is 184 g/mol. The number of hydrogen-bond donors (Lipinski definition) is 1. The van der Waals surface area contributed by atoms with E-state index >= 15 is 0 Å². The van der Waals surface area contributed by atoms with Gasteiger partial charge in [-0.15, -0.1) is 0 Å². The van der Waals surface area contributed by atoms with Crippen LogP contribution in [0.5, 0.6) is 0 Å². The zero-order valence-electron chi connectivity index (χ0n) is 10.2. The van der Waals surface area contributed by atoms with Crippen molar-refractivity contribution in [2.24, 2.45) is 5.73 Å². The van der Waals surface area contributed by atoms with Gasteiger partial charge in [-0.2, -0.15) is 0 Å². The van der Waals surface area contributed by atoms with Crippen molar-refractivity contribution in [3.05, 3.63) is 29.8 Å². The lowest BCUT2D eigenvalue weighted by molar-refractivity contribution is 0.477. The van der Waals surface area contributed by atoms with Gasteiger partial charge in [-0.3, -0.25) is 0 Å². The molecule has 0 atom stereocenters. The van der Waals surface area contributed by atoms with Crippen LogP contribution in [0.4, 0.5) is 5.69 Å². The third kappa shape index (κ3) is 4.34. The van der Waals surface area contributed by atoms with Crippen LogP contribution in [0.1, 0.15) is 25.8 Å². The molecule has 15 heavy (non-hydrogen) atoms. The maximum Gasteiger partial charge on any atom is 0.0363 e. The molecule has 0 aromatic heterocycles. The molecule has 1 aromatic rings. The summed E-state index contributed by atoms with van der Waals surface area (Å²) < 4.78 is 0. The number of aryl methyl sites for hydroxylation is 1. The lowest BCUT2D eigenvalue weighted by Crippen LogP contribution is -2.32. The summed E-state index contributed by atoms with van der Waals surface area (Å²) in [4.78, 5) is 2.12. The van der Waals surface area contributed by atoms with Gasteiger partial charge in [0.15, 0.2) is 0 Å². The smallest absolute Gasteiger partial charge is 0.0363 e. The zero-order valence-corrected chi connectivity index (χ0v) is 10.2. The van der Waals surface area contributed by atoms with Crippen molar-refractivity contribution in [2.45, 2.75) is 32.2 Å². The van der Waals surface area contributed by atoms with Crippen molar-refractivity contribution in [1.29, 1.82) is 0 Å². The van der Waals surface area contributed by atoms with Crippen molar-refractivity contribution < 1.29 is 0 Å². The number of nitrogens with two attached hydrogens (primary N) is 1. The third-order valence-electron chi connectivity index (χ3n) is 2.48. The molecule has 2 N–H and O–H groups in total. The normalized spacial score (nSPS) is 11.5. The van der Waals surface area contributed by atoms with Gasteiger partial charge in [-0.25, -0.2) is 0 Å². The Bertz CT molecular complexity index is 311. The van der Waals surface area contributed by atoms with E-state index in [0.717, 1.165) is 12.8 Å². The molecule has 0 unspecified atom stereocenters. The fourth-order valence-corrected chi connectivity index (χ4v) is 1.46. The molecule has 0 amide bonds. The molecule has 0 aliphatic rings. The van der Waals surface area contributed by atoms with Crippen LogP contribution in [0.15, 0.2) is 24.3 Å². The van der Waals surface area contributed by atoms with Crippen LogP contribution < -0.4 is 10.6 Å². The standard InChI is InChI=1S/C13H22N2/c1-13(2,14)9-8-11-6-5-7-12(10-11)15(3)4/h5-7,10H,8-9,14H2,1-4H3. The van der Waals surface area contributed by atoms with Crippen molar-refractivity contribution in [2.75, 3.05) is 19.0 Å². The second kappa shape index (κ2) is 4.67. The van der Waals surface area contributed by atoms with E-state index in [-0.39, 0.29) is 5.54 Å². The van der Waals surface area contributed by atoms with E-state index in [9.17, 15) is 0 Å². The molecular formula is C13H22N2. The summed E-state index contributed by atoms with van der Waals surface area (Å²) in [7, 11) is 4.12. The van der Waals surface area contributed by atoms with Gasteiger partial charge in [-0.1, -0.05) is 12.1 Å². The van der Waals surface area contributed by atoms with Crippen LogP contribution in [-0.4, -0.2) is 19.6 Å². The highest BCUT2D eigenvalue weighted by atomic mass is 15.1. The molecule has 0 spiro atoms. The number of nitrogens with zero attached hydrogens (tertiary/aromatic N) is 1. The third-order valence-corrected chi connectivity index (χ3v) is 2.48. The van der Waals surface area contributed by atoms with Gasteiger partial charge in [0.05, 0.1) is 0 Å². The highest BCUT2D eigenvalue weighted by Crippen LogP contribution is 2.16. The average molecular weight is 206 g/mol. The number of rotatable bonds is 4. The summed E-state index contributed by atoms with van der Waals surface area (Å²) in [6.45, 7) is 4.14. The van der Waals surface area contributed by atoms with Crippen LogP contribution in [0.25, 0.3) is 0 Å². The minimum Gasteiger partial charge on any atom is -0.378 e. The lowest BCUT2D eigenvalue weighted by Gasteiger charge is -2.19. The summed E-state index contributed by atoms with van der Waals surface area (Å²) in [6.07, 6.45) is 2.06. The molecule has 0 heterocycles. The first-order valence-electron chi connectivity index (χ1n) is 5.44. The van der Waals surface area contributed by atoms with Crippen LogP contribution in [-0.2, 0) is 6.42 Å². The molecule has 0 aliphatic carbocycles. The fraction of sp³-hybridized carbons (Fsp3) is 0.538. The summed E-state index contributed by atoms with van der Waals surface area (Å²) in [5, 5.41) is 0. The first kappa shape index (κ1) is 12.1. The largest absolute Gasteiger partial charge is 0.378 e. The molecule has 0 radical (unpaired) electrons. The molecule has 1 rings (SSSR count). The van der Waals surface area contributed by atoms with Gasteiger partial charge in [-0.05, 0) is 44.4 Å². The van der Waals surface area contributed by atoms with Gasteiger partial charge in [0.25, 0.3) is 0 Å². The maximum atomic E-state index is 5.97. The number of anilines is 1. The van der Waals surface area contributed by atoms with E-state index < -0.39 is 0 Å². The lowest BCUT2D eigenvalue weighted by atomic mass is 9.96. The highest BCUT2D eigenvalue weighted by Gasteiger charge is 2.10. The SMILES string of the molecule is CN(C)c1cccc(CCC(C)(C)N)c1. The Hall–Kier alpha value is -1.02. The van der Waals surface area contributed by atoms with E-state index in [1.807, 2.05) is 0 Å². The Morgan fingerprint density at radius 1 is 1.27 bits per heavy atom. The van der Waals surface area contributed by atoms with E-state index in [4.69, 9.17) is 5.73 Å². The van der Waals surface area contributed by atoms with Gasteiger partial charge in [0, 0.05) is 25.3 Å². The van der Waals surface area contributed by atoms with E-state index in [2.05, 4.69) is 57.1 Å². The second-order valence-corrected chi connectivity index (χ2v) is 5.05. The Kier molecular flexibility index (Phi) is 3.75. The quantitative estimate of drug-likeness (QED) is 0.819. The average Bonchev–Trinajstić information content (AvgIpc) is 2.14. The Labute approximate surface area is 93.1 Å². The fourth-order valence-electron chi connectivity index (χ4n) is 1.46. The minimum atomic E-state index is -0.0753. The number of hydrogen-bond acceptors (Lipinski definition) is 2. The highest BCUT2D eigenvalue weighted by molar-refractivity contribution is 5.47.